The molecule has 0 amide bonds. The number of ether oxygens (including phenoxy) is 1. The summed E-state index contributed by atoms with van der Waals surface area (Å²) in [6.45, 7) is 6.61. The van der Waals surface area contributed by atoms with Gasteiger partial charge in [-0.25, -0.2) is 9.67 Å². The summed E-state index contributed by atoms with van der Waals surface area (Å²) < 4.78 is 12.2. The van der Waals surface area contributed by atoms with Crippen molar-refractivity contribution in [3.63, 3.8) is 0 Å². The number of nitrogens with one attached hydrogen (secondary N) is 2. The maximum absolute atomic E-state index is 5.13. The van der Waals surface area contributed by atoms with Crippen LogP contribution >= 0.6 is 24.0 Å². The third kappa shape index (κ3) is 6.40. The molecule has 28 heavy (non-hydrogen) atoms. The summed E-state index contributed by atoms with van der Waals surface area (Å²) in [6, 6.07) is 0.269. The molecule has 0 spiro atoms. The second-order valence-corrected chi connectivity index (χ2v) is 6.54. The van der Waals surface area contributed by atoms with E-state index in [-0.39, 0.29) is 30.0 Å². The zero-order valence-corrected chi connectivity index (χ0v) is 19.0. The first kappa shape index (κ1) is 22.5. The van der Waals surface area contributed by atoms with Crippen LogP contribution in [0.1, 0.15) is 43.1 Å². The first-order valence-corrected chi connectivity index (χ1v) is 9.43. The first-order chi connectivity index (χ1) is 13.2. The summed E-state index contributed by atoms with van der Waals surface area (Å²) in [5, 5.41) is 15.1. The summed E-state index contributed by atoms with van der Waals surface area (Å²) in [4.78, 5) is 13.4. The number of halogens is 1. The molecular weight excluding hydrogens is 475 g/mol. The number of hydrogen-bond donors (Lipinski definition) is 2. The van der Waals surface area contributed by atoms with Gasteiger partial charge < -0.3 is 19.9 Å². The molecular formula is C17H29IN8O2. The molecule has 0 aromatic carbocycles. The number of fused-ring (bicyclic) bond motifs is 1. The molecule has 0 saturated carbocycles. The van der Waals surface area contributed by atoms with E-state index in [1.54, 1.807) is 7.11 Å². The molecule has 10 nitrogen and oxygen atoms in total. The van der Waals surface area contributed by atoms with E-state index in [2.05, 4.69) is 42.8 Å². The minimum atomic E-state index is 0. The summed E-state index contributed by atoms with van der Waals surface area (Å²) in [5.74, 6) is 3.92. The number of aryl methyl sites for hydroxylation is 3. The average Bonchev–Trinajstić information content (AvgIpc) is 3.24. The van der Waals surface area contributed by atoms with Gasteiger partial charge in [0.05, 0.1) is 6.54 Å². The minimum Gasteiger partial charge on any atom is -0.377 e. The Morgan fingerprint density at radius 1 is 1.39 bits per heavy atom. The van der Waals surface area contributed by atoms with Gasteiger partial charge in [0, 0.05) is 39.1 Å². The van der Waals surface area contributed by atoms with E-state index in [0.717, 1.165) is 56.4 Å². The highest BCUT2D eigenvalue weighted by Gasteiger charge is 2.22. The minimum absolute atomic E-state index is 0. The van der Waals surface area contributed by atoms with Gasteiger partial charge in [-0.05, 0) is 26.7 Å². The van der Waals surface area contributed by atoms with Crippen molar-refractivity contribution < 1.29 is 9.26 Å². The van der Waals surface area contributed by atoms with Crippen LogP contribution in [0.3, 0.4) is 0 Å². The van der Waals surface area contributed by atoms with E-state index in [9.17, 15) is 0 Å². The number of rotatable bonds is 8. The van der Waals surface area contributed by atoms with Crippen LogP contribution in [-0.2, 0) is 30.7 Å². The van der Waals surface area contributed by atoms with E-state index >= 15 is 0 Å². The van der Waals surface area contributed by atoms with Crippen molar-refractivity contribution in [2.24, 2.45) is 4.99 Å². The summed E-state index contributed by atoms with van der Waals surface area (Å²) >= 11 is 0. The van der Waals surface area contributed by atoms with Gasteiger partial charge in [-0.3, -0.25) is 4.99 Å². The molecule has 0 radical (unpaired) electrons. The van der Waals surface area contributed by atoms with Crippen LogP contribution in [0.25, 0.3) is 0 Å². The van der Waals surface area contributed by atoms with Gasteiger partial charge in [0.25, 0.3) is 0 Å². The van der Waals surface area contributed by atoms with Crippen molar-refractivity contribution in [2.45, 2.75) is 58.7 Å². The molecule has 2 aromatic heterocycles. The van der Waals surface area contributed by atoms with Crippen molar-refractivity contribution in [1.29, 1.82) is 0 Å². The standard InChI is InChI=1S/C17H28N8O2.HI/c1-4-18-17(19-9-5-6-16-20-12(2)24-27-16)21-13-7-8-15-22-14(11-26-3)23-25(15)10-13;/h13H,4-11H2,1-3H3,(H2,18,19,21);1H. The summed E-state index contributed by atoms with van der Waals surface area (Å²) in [6.07, 6.45) is 3.48. The SMILES string of the molecule is CCNC(=NCCCc1nc(C)no1)NC1CCc2nc(COC)nn2C1.I. The predicted octanol–water partition coefficient (Wildman–Crippen LogP) is 1.24. The Hall–Kier alpha value is -1.76. The number of methoxy groups -OCH3 is 1. The Morgan fingerprint density at radius 3 is 2.96 bits per heavy atom. The second kappa shape index (κ2) is 11.3. The van der Waals surface area contributed by atoms with Crippen LogP contribution in [0.4, 0.5) is 0 Å². The second-order valence-electron chi connectivity index (χ2n) is 6.54. The van der Waals surface area contributed by atoms with E-state index in [1.807, 2.05) is 11.6 Å². The van der Waals surface area contributed by atoms with E-state index < -0.39 is 0 Å². The normalized spacial score (nSPS) is 16.4. The third-order valence-corrected chi connectivity index (χ3v) is 4.25. The lowest BCUT2D eigenvalue weighted by Gasteiger charge is -2.25. The Labute approximate surface area is 181 Å². The van der Waals surface area contributed by atoms with Crippen molar-refractivity contribution in [3.8, 4) is 0 Å². The van der Waals surface area contributed by atoms with Gasteiger partial charge in [-0.15, -0.1) is 24.0 Å². The van der Waals surface area contributed by atoms with Gasteiger partial charge in [0.1, 0.15) is 12.4 Å². The highest BCUT2D eigenvalue weighted by molar-refractivity contribution is 14.0. The largest absolute Gasteiger partial charge is 0.377 e. The van der Waals surface area contributed by atoms with Gasteiger partial charge in [-0.1, -0.05) is 5.16 Å². The van der Waals surface area contributed by atoms with Gasteiger partial charge in [0.15, 0.2) is 17.6 Å². The van der Waals surface area contributed by atoms with Crippen LogP contribution in [-0.4, -0.2) is 57.1 Å². The van der Waals surface area contributed by atoms with Crippen LogP contribution in [0.15, 0.2) is 9.52 Å². The smallest absolute Gasteiger partial charge is 0.226 e. The highest BCUT2D eigenvalue weighted by Crippen LogP contribution is 2.13. The lowest BCUT2D eigenvalue weighted by molar-refractivity contribution is 0.177. The van der Waals surface area contributed by atoms with Crippen molar-refractivity contribution in [1.82, 2.24) is 35.5 Å². The third-order valence-electron chi connectivity index (χ3n) is 4.25. The maximum atomic E-state index is 5.13. The van der Waals surface area contributed by atoms with E-state index in [4.69, 9.17) is 9.26 Å². The van der Waals surface area contributed by atoms with Gasteiger partial charge in [0.2, 0.25) is 5.89 Å². The van der Waals surface area contributed by atoms with Crippen LogP contribution < -0.4 is 10.6 Å². The molecule has 0 aliphatic carbocycles. The molecule has 3 heterocycles. The Morgan fingerprint density at radius 2 is 2.25 bits per heavy atom. The number of nitrogens with zero attached hydrogens (tertiary/aromatic N) is 6. The first-order valence-electron chi connectivity index (χ1n) is 9.43. The Kier molecular flexibility index (Phi) is 9.09. The fourth-order valence-electron chi connectivity index (χ4n) is 3.04. The number of aliphatic imine (C=N–C) groups is 1. The summed E-state index contributed by atoms with van der Waals surface area (Å²) in [7, 11) is 1.66. The Bertz CT molecular complexity index is 760. The number of aromatic nitrogens is 5. The number of hydrogen-bond acceptors (Lipinski definition) is 7. The lowest BCUT2D eigenvalue weighted by Crippen LogP contribution is -2.47. The predicted molar refractivity (Wildman–Crippen MR) is 115 cm³/mol. The average molecular weight is 504 g/mol. The molecule has 0 bridgehead atoms. The molecule has 0 saturated heterocycles. The van der Waals surface area contributed by atoms with Crippen molar-refractivity contribution in [3.05, 3.63) is 23.4 Å². The monoisotopic (exact) mass is 504 g/mol. The van der Waals surface area contributed by atoms with Crippen LogP contribution in [0.5, 0.6) is 0 Å². The molecule has 3 rings (SSSR count). The molecule has 2 N–H and O–H groups in total. The van der Waals surface area contributed by atoms with Crippen LogP contribution in [0.2, 0.25) is 0 Å². The molecule has 1 aliphatic rings. The molecule has 156 valence electrons. The van der Waals surface area contributed by atoms with Gasteiger partial charge in [-0.2, -0.15) is 10.1 Å². The van der Waals surface area contributed by atoms with Crippen LogP contribution in [0, 0.1) is 6.92 Å². The van der Waals surface area contributed by atoms with Gasteiger partial charge >= 0.3 is 0 Å². The highest BCUT2D eigenvalue weighted by atomic mass is 127. The molecule has 1 atom stereocenters. The molecule has 2 aromatic rings. The Balaban J connectivity index is 0.00000280. The molecule has 11 heteroatoms. The van der Waals surface area contributed by atoms with Crippen molar-refractivity contribution in [2.75, 3.05) is 20.2 Å². The summed E-state index contributed by atoms with van der Waals surface area (Å²) in [5.41, 5.74) is 0. The van der Waals surface area contributed by atoms with E-state index in [1.165, 1.54) is 0 Å². The topological polar surface area (TPSA) is 115 Å². The quantitative estimate of drug-likeness (QED) is 0.239. The maximum Gasteiger partial charge on any atom is 0.226 e. The fraction of sp³-hybridized carbons (Fsp3) is 0.706. The lowest BCUT2D eigenvalue weighted by atomic mass is 10.1. The zero-order chi connectivity index (χ0) is 19.1. The van der Waals surface area contributed by atoms with Crippen molar-refractivity contribution >= 4 is 29.9 Å². The molecule has 1 aliphatic heterocycles. The zero-order valence-electron chi connectivity index (χ0n) is 16.6. The fourth-order valence-corrected chi connectivity index (χ4v) is 3.04. The molecule has 0 fully saturated rings. The number of guanidine groups is 1. The molecule has 1 unspecified atom stereocenters. The van der Waals surface area contributed by atoms with E-state index in [0.29, 0.717) is 24.9 Å².